The van der Waals surface area contributed by atoms with Crippen LogP contribution in [0.15, 0.2) is 6.20 Å². The van der Waals surface area contributed by atoms with Gasteiger partial charge in [-0.25, -0.2) is 4.79 Å². The first-order valence-corrected chi connectivity index (χ1v) is 6.36. The predicted molar refractivity (Wildman–Crippen MR) is 66.5 cm³/mol. The van der Waals surface area contributed by atoms with Gasteiger partial charge in [0.05, 0.1) is 30.3 Å². The number of likely N-dealkylation sites (tertiary alicyclic amines) is 1. The number of fused-ring (bicyclic) bond motifs is 1. The molecule has 0 spiro atoms. The van der Waals surface area contributed by atoms with Gasteiger partial charge in [-0.05, 0) is 5.41 Å². The summed E-state index contributed by atoms with van der Waals surface area (Å²) in [6.45, 7) is 3.78. The van der Waals surface area contributed by atoms with Crippen molar-refractivity contribution in [3.8, 4) is 0 Å². The highest BCUT2D eigenvalue weighted by molar-refractivity contribution is 6.10. The van der Waals surface area contributed by atoms with E-state index < -0.39 is 5.97 Å². The van der Waals surface area contributed by atoms with Crippen LogP contribution in [0, 0.1) is 17.3 Å². The number of aromatic nitrogens is 2. The first kappa shape index (κ1) is 12.8. The van der Waals surface area contributed by atoms with E-state index in [0.717, 1.165) is 4.90 Å². The first-order chi connectivity index (χ1) is 9.26. The zero-order valence-corrected chi connectivity index (χ0v) is 11.5. The number of carboxylic acid groups (broad SMARTS) is 1. The molecule has 1 N–H and O–H groups in total. The number of hydrogen-bond acceptors (Lipinski definition) is 4. The molecular formula is C13H15N3O4. The van der Waals surface area contributed by atoms with Crippen LogP contribution in [0.3, 0.4) is 0 Å². The first-order valence-electron chi connectivity index (χ1n) is 6.36. The fourth-order valence-corrected chi connectivity index (χ4v) is 3.14. The Balaban J connectivity index is 1.88. The Morgan fingerprint density at radius 3 is 2.40 bits per heavy atom. The minimum absolute atomic E-state index is 0.0212. The maximum atomic E-state index is 12.2. The molecule has 2 amide bonds. The molecule has 1 aliphatic heterocycles. The SMILES string of the molecule is Cn1ncc(C(=O)O)c1CN1C(=O)C2C(C1=O)C2(C)C. The van der Waals surface area contributed by atoms with Gasteiger partial charge in [0.1, 0.15) is 5.56 Å². The zero-order valence-electron chi connectivity index (χ0n) is 11.5. The summed E-state index contributed by atoms with van der Waals surface area (Å²) in [6, 6.07) is 0. The molecule has 2 atom stereocenters. The molecular weight excluding hydrogens is 262 g/mol. The Bertz CT molecular complexity index is 622. The number of amides is 2. The maximum absolute atomic E-state index is 12.2. The number of imide groups is 1. The lowest BCUT2D eigenvalue weighted by Gasteiger charge is -2.20. The molecule has 3 rings (SSSR count). The van der Waals surface area contributed by atoms with E-state index in [-0.39, 0.29) is 41.2 Å². The van der Waals surface area contributed by atoms with Crippen molar-refractivity contribution in [2.75, 3.05) is 0 Å². The highest BCUT2D eigenvalue weighted by Gasteiger charge is 2.72. The zero-order chi connectivity index (χ0) is 14.8. The van der Waals surface area contributed by atoms with Crippen LogP contribution in [0.5, 0.6) is 0 Å². The van der Waals surface area contributed by atoms with E-state index in [0.29, 0.717) is 5.69 Å². The molecule has 1 aliphatic carbocycles. The normalized spacial score (nSPS) is 26.9. The van der Waals surface area contributed by atoms with E-state index >= 15 is 0 Å². The molecule has 1 saturated heterocycles. The molecule has 20 heavy (non-hydrogen) atoms. The summed E-state index contributed by atoms with van der Waals surface area (Å²) in [6.07, 6.45) is 1.23. The summed E-state index contributed by atoms with van der Waals surface area (Å²) < 4.78 is 1.39. The molecule has 0 bridgehead atoms. The molecule has 2 heterocycles. The fraction of sp³-hybridized carbons (Fsp3) is 0.538. The second-order valence-electron chi connectivity index (χ2n) is 5.97. The van der Waals surface area contributed by atoms with Gasteiger partial charge in [0.15, 0.2) is 0 Å². The van der Waals surface area contributed by atoms with Crippen molar-refractivity contribution in [3.63, 3.8) is 0 Å². The summed E-state index contributed by atoms with van der Waals surface area (Å²) in [4.78, 5) is 36.7. The van der Waals surface area contributed by atoms with Crippen LogP contribution in [-0.4, -0.2) is 37.6 Å². The molecule has 0 radical (unpaired) electrons. The van der Waals surface area contributed by atoms with Gasteiger partial charge >= 0.3 is 5.97 Å². The van der Waals surface area contributed by atoms with Gasteiger partial charge in [-0.15, -0.1) is 0 Å². The van der Waals surface area contributed by atoms with Crippen molar-refractivity contribution in [2.24, 2.45) is 24.3 Å². The Kier molecular flexibility index (Phi) is 2.36. The lowest BCUT2D eigenvalue weighted by Crippen LogP contribution is -2.36. The minimum atomic E-state index is -1.11. The van der Waals surface area contributed by atoms with E-state index in [1.54, 1.807) is 7.05 Å². The van der Waals surface area contributed by atoms with E-state index in [1.807, 2.05) is 13.8 Å². The number of carboxylic acids is 1. The van der Waals surface area contributed by atoms with E-state index in [2.05, 4.69) is 5.10 Å². The standard InChI is InChI=1S/C13H15N3O4/c1-13(2)8-9(13)11(18)16(10(8)17)5-7-6(12(19)20)4-14-15(7)3/h4,8-9H,5H2,1-3H3,(H,19,20). The number of carbonyl (C=O) groups excluding carboxylic acids is 2. The number of aromatic carboxylic acids is 1. The average molecular weight is 277 g/mol. The van der Waals surface area contributed by atoms with Gasteiger partial charge < -0.3 is 5.11 Å². The molecule has 2 fully saturated rings. The second-order valence-corrected chi connectivity index (χ2v) is 5.97. The van der Waals surface area contributed by atoms with Gasteiger partial charge in [0, 0.05) is 7.05 Å². The topological polar surface area (TPSA) is 92.5 Å². The van der Waals surface area contributed by atoms with Crippen molar-refractivity contribution in [1.82, 2.24) is 14.7 Å². The lowest BCUT2D eigenvalue weighted by molar-refractivity contribution is -0.143. The molecule has 1 aromatic rings. The average Bonchev–Trinajstić information content (AvgIpc) is 2.62. The summed E-state index contributed by atoms with van der Waals surface area (Å²) >= 11 is 0. The smallest absolute Gasteiger partial charge is 0.339 e. The van der Waals surface area contributed by atoms with Crippen LogP contribution < -0.4 is 0 Å². The monoisotopic (exact) mass is 277 g/mol. The lowest BCUT2D eigenvalue weighted by atomic mass is 10.1. The Hall–Kier alpha value is -2.18. The Labute approximate surface area is 115 Å². The molecule has 106 valence electrons. The van der Waals surface area contributed by atoms with E-state index in [4.69, 9.17) is 5.11 Å². The van der Waals surface area contributed by atoms with Gasteiger partial charge in [0.2, 0.25) is 11.8 Å². The van der Waals surface area contributed by atoms with Gasteiger partial charge in [0.25, 0.3) is 0 Å². The molecule has 2 unspecified atom stereocenters. The minimum Gasteiger partial charge on any atom is -0.478 e. The van der Waals surface area contributed by atoms with E-state index in [9.17, 15) is 14.4 Å². The quantitative estimate of drug-likeness (QED) is 0.800. The Morgan fingerprint density at radius 1 is 1.35 bits per heavy atom. The van der Waals surface area contributed by atoms with Crippen molar-refractivity contribution in [1.29, 1.82) is 0 Å². The molecule has 7 heteroatoms. The third kappa shape index (κ3) is 1.46. The summed E-state index contributed by atoms with van der Waals surface area (Å²) in [5.41, 5.74) is 0.124. The number of rotatable bonds is 3. The number of aryl methyl sites for hydroxylation is 1. The molecule has 1 aromatic heterocycles. The predicted octanol–water partition coefficient (Wildman–Crippen LogP) is 0.259. The number of nitrogens with zero attached hydrogens (tertiary/aromatic N) is 3. The third-order valence-electron chi connectivity index (χ3n) is 4.49. The Morgan fingerprint density at radius 2 is 1.90 bits per heavy atom. The second kappa shape index (κ2) is 3.68. The van der Waals surface area contributed by atoms with Crippen molar-refractivity contribution >= 4 is 17.8 Å². The highest BCUT2D eigenvalue weighted by atomic mass is 16.4. The third-order valence-corrected chi connectivity index (χ3v) is 4.49. The van der Waals surface area contributed by atoms with Crippen molar-refractivity contribution in [2.45, 2.75) is 20.4 Å². The van der Waals surface area contributed by atoms with Crippen LogP contribution in [0.25, 0.3) is 0 Å². The van der Waals surface area contributed by atoms with Crippen LogP contribution in [-0.2, 0) is 23.2 Å². The molecule has 1 saturated carbocycles. The summed E-state index contributed by atoms with van der Waals surface area (Å²) in [7, 11) is 1.59. The molecule has 2 aliphatic rings. The number of hydrogen-bond donors (Lipinski definition) is 1. The van der Waals surface area contributed by atoms with Crippen molar-refractivity contribution in [3.05, 3.63) is 17.5 Å². The fourth-order valence-electron chi connectivity index (χ4n) is 3.14. The largest absolute Gasteiger partial charge is 0.478 e. The van der Waals surface area contributed by atoms with Crippen LogP contribution >= 0.6 is 0 Å². The summed E-state index contributed by atoms with van der Waals surface area (Å²) in [5, 5.41) is 13.0. The van der Waals surface area contributed by atoms with Crippen LogP contribution in [0.4, 0.5) is 0 Å². The summed E-state index contributed by atoms with van der Waals surface area (Å²) in [5.74, 6) is -2.03. The van der Waals surface area contributed by atoms with E-state index in [1.165, 1.54) is 10.9 Å². The number of carbonyl (C=O) groups is 3. The molecule has 7 nitrogen and oxygen atoms in total. The highest BCUT2D eigenvalue weighted by Crippen LogP contribution is 2.63. The number of piperidine rings is 1. The van der Waals surface area contributed by atoms with Gasteiger partial charge in [-0.2, -0.15) is 5.10 Å². The van der Waals surface area contributed by atoms with Crippen molar-refractivity contribution < 1.29 is 19.5 Å². The maximum Gasteiger partial charge on any atom is 0.339 e. The molecule has 0 aromatic carbocycles. The van der Waals surface area contributed by atoms with Crippen LogP contribution in [0.2, 0.25) is 0 Å². The van der Waals surface area contributed by atoms with Gasteiger partial charge in [-0.1, -0.05) is 13.8 Å². The van der Waals surface area contributed by atoms with Gasteiger partial charge in [-0.3, -0.25) is 19.2 Å². The van der Waals surface area contributed by atoms with Crippen LogP contribution in [0.1, 0.15) is 29.9 Å².